The highest BCUT2D eigenvalue weighted by Gasteiger charge is 2.13. The molecule has 0 unspecified atom stereocenters. The number of anilines is 2. The van der Waals surface area contributed by atoms with Gasteiger partial charge in [-0.1, -0.05) is 18.2 Å². The van der Waals surface area contributed by atoms with E-state index in [-0.39, 0.29) is 24.9 Å². The second-order valence-corrected chi connectivity index (χ2v) is 5.32. The summed E-state index contributed by atoms with van der Waals surface area (Å²) in [5.41, 5.74) is 2.55. The molecule has 0 radical (unpaired) electrons. The standard InChI is InChI=1S/C16H18N6O3/c1-3-25-16(24)19-13-8-17-22(21-13)9-14(23)20-15-10(2)18-12-7-5-4-6-11(12)15/h4-8,18H,3,9H2,1-2H3,(H,20,23)(H,19,21,24). The Hall–Kier alpha value is -3.36. The zero-order valence-corrected chi connectivity index (χ0v) is 13.9. The monoisotopic (exact) mass is 342 g/mol. The van der Waals surface area contributed by atoms with Crippen LogP contribution in [0.3, 0.4) is 0 Å². The number of ether oxygens (including phenoxy) is 1. The number of aryl methyl sites for hydroxylation is 1. The van der Waals surface area contributed by atoms with Crippen molar-refractivity contribution in [1.82, 2.24) is 20.0 Å². The van der Waals surface area contributed by atoms with Crippen molar-refractivity contribution in [2.45, 2.75) is 20.4 Å². The third-order valence-corrected chi connectivity index (χ3v) is 3.49. The number of H-pyrrole nitrogens is 1. The van der Waals surface area contributed by atoms with Crippen molar-refractivity contribution >= 4 is 34.4 Å². The van der Waals surface area contributed by atoms with E-state index in [0.29, 0.717) is 0 Å². The van der Waals surface area contributed by atoms with Crippen LogP contribution in [0.4, 0.5) is 16.3 Å². The maximum atomic E-state index is 12.3. The molecule has 0 fully saturated rings. The molecule has 130 valence electrons. The number of hydrogen-bond acceptors (Lipinski definition) is 5. The van der Waals surface area contributed by atoms with E-state index >= 15 is 0 Å². The van der Waals surface area contributed by atoms with Crippen LogP contribution in [-0.2, 0) is 16.1 Å². The van der Waals surface area contributed by atoms with E-state index in [1.54, 1.807) is 6.92 Å². The number of carbonyl (C=O) groups excluding carboxylic acids is 2. The molecule has 0 spiro atoms. The lowest BCUT2D eigenvalue weighted by molar-refractivity contribution is -0.117. The first-order valence-corrected chi connectivity index (χ1v) is 7.78. The highest BCUT2D eigenvalue weighted by molar-refractivity contribution is 6.02. The topological polar surface area (TPSA) is 114 Å². The van der Waals surface area contributed by atoms with E-state index in [1.807, 2.05) is 31.2 Å². The molecule has 2 aromatic heterocycles. The number of hydrogen-bond donors (Lipinski definition) is 3. The smallest absolute Gasteiger partial charge is 0.412 e. The van der Waals surface area contributed by atoms with Gasteiger partial charge in [0.2, 0.25) is 5.91 Å². The maximum absolute atomic E-state index is 12.3. The second-order valence-electron chi connectivity index (χ2n) is 5.32. The highest BCUT2D eigenvalue weighted by atomic mass is 16.5. The van der Waals surface area contributed by atoms with Crippen molar-refractivity contribution in [1.29, 1.82) is 0 Å². The minimum absolute atomic E-state index is 0.0799. The highest BCUT2D eigenvalue weighted by Crippen LogP contribution is 2.26. The number of benzene rings is 1. The number of aromatic nitrogens is 4. The fraction of sp³-hybridized carbons (Fsp3) is 0.250. The Balaban J connectivity index is 1.65. The molecule has 0 aliphatic carbocycles. The summed E-state index contributed by atoms with van der Waals surface area (Å²) in [6.07, 6.45) is 0.731. The van der Waals surface area contributed by atoms with E-state index in [1.165, 1.54) is 11.0 Å². The maximum Gasteiger partial charge on any atom is 0.412 e. The van der Waals surface area contributed by atoms with Gasteiger partial charge in [-0.3, -0.25) is 10.1 Å². The molecule has 3 rings (SSSR count). The number of amides is 2. The minimum Gasteiger partial charge on any atom is -0.450 e. The van der Waals surface area contributed by atoms with Gasteiger partial charge in [-0.25, -0.2) is 4.79 Å². The van der Waals surface area contributed by atoms with Crippen molar-refractivity contribution < 1.29 is 14.3 Å². The molecule has 2 amide bonds. The van der Waals surface area contributed by atoms with Crippen LogP contribution in [0.25, 0.3) is 10.9 Å². The van der Waals surface area contributed by atoms with Crippen LogP contribution in [0.15, 0.2) is 30.5 Å². The van der Waals surface area contributed by atoms with E-state index in [4.69, 9.17) is 4.74 Å². The molecule has 9 heteroatoms. The first-order chi connectivity index (χ1) is 12.1. The molecule has 3 N–H and O–H groups in total. The van der Waals surface area contributed by atoms with Gasteiger partial charge in [0.05, 0.1) is 18.5 Å². The van der Waals surface area contributed by atoms with Gasteiger partial charge in [0, 0.05) is 16.6 Å². The summed E-state index contributed by atoms with van der Waals surface area (Å²) in [6, 6.07) is 7.71. The Morgan fingerprint density at radius 1 is 1.28 bits per heavy atom. The van der Waals surface area contributed by atoms with E-state index < -0.39 is 6.09 Å². The number of fused-ring (bicyclic) bond motifs is 1. The average molecular weight is 342 g/mol. The predicted molar refractivity (Wildman–Crippen MR) is 92.3 cm³/mol. The zero-order chi connectivity index (χ0) is 17.8. The molecule has 25 heavy (non-hydrogen) atoms. The number of nitrogens with zero attached hydrogens (tertiary/aromatic N) is 3. The molecule has 0 atom stereocenters. The quantitative estimate of drug-likeness (QED) is 0.658. The first-order valence-electron chi connectivity index (χ1n) is 7.78. The summed E-state index contributed by atoms with van der Waals surface area (Å²) < 4.78 is 4.75. The second kappa shape index (κ2) is 7.04. The lowest BCUT2D eigenvalue weighted by Crippen LogP contribution is -2.21. The van der Waals surface area contributed by atoms with E-state index in [2.05, 4.69) is 25.8 Å². The molecule has 0 saturated carbocycles. The van der Waals surface area contributed by atoms with Gasteiger partial charge < -0.3 is 15.0 Å². The molecule has 9 nitrogen and oxygen atoms in total. The van der Waals surface area contributed by atoms with Crippen molar-refractivity contribution in [2.75, 3.05) is 17.2 Å². The van der Waals surface area contributed by atoms with Crippen LogP contribution in [0.2, 0.25) is 0 Å². The Labute approximate surface area is 143 Å². The molecule has 0 saturated heterocycles. The zero-order valence-electron chi connectivity index (χ0n) is 13.9. The molecule has 0 aliphatic heterocycles. The Kier molecular flexibility index (Phi) is 4.64. The van der Waals surface area contributed by atoms with Gasteiger partial charge >= 0.3 is 6.09 Å². The van der Waals surface area contributed by atoms with Crippen LogP contribution in [0.1, 0.15) is 12.6 Å². The molecule has 3 aromatic rings. The van der Waals surface area contributed by atoms with Crippen LogP contribution in [0.5, 0.6) is 0 Å². The van der Waals surface area contributed by atoms with Gasteiger partial charge in [-0.15, -0.1) is 5.10 Å². The summed E-state index contributed by atoms with van der Waals surface area (Å²) >= 11 is 0. The van der Waals surface area contributed by atoms with Crippen LogP contribution >= 0.6 is 0 Å². The van der Waals surface area contributed by atoms with Crippen molar-refractivity contribution in [3.63, 3.8) is 0 Å². The SMILES string of the molecule is CCOC(=O)Nc1cnn(CC(=O)Nc2c(C)[nH]c3ccccc23)n1. The van der Waals surface area contributed by atoms with Gasteiger partial charge in [0.15, 0.2) is 5.82 Å². The summed E-state index contributed by atoms with van der Waals surface area (Å²) in [7, 11) is 0. The molecular weight excluding hydrogens is 324 g/mol. The molecule has 2 heterocycles. The first kappa shape index (κ1) is 16.5. The minimum atomic E-state index is -0.617. The Bertz CT molecular complexity index is 914. The number of aromatic amines is 1. The van der Waals surface area contributed by atoms with Crippen molar-refractivity contribution in [3.8, 4) is 0 Å². The average Bonchev–Trinajstić information content (AvgIpc) is 3.12. The molecule has 0 bridgehead atoms. The number of rotatable bonds is 5. The summed E-state index contributed by atoms with van der Waals surface area (Å²) in [5, 5.41) is 14.2. The lowest BCUT2D eigenvalue weighted by Gasteiger charge is -2.05. The lowest BCUT2D eigenvalue weighted by atomic mass is 10.2. The van der Waals surface area contributed by atoms with Crippen molar-refractivity contribution in [3.05, 3.63) is 36.2 Å². The number of carbonyl (C=O) groups is 2. The van der Waals surface area contributed by atoms with Gasteiger partial charge in [-0.2, -0.15) is 9.90 Å². The summed E-state index contributed by atoms with van der Waals surface area (Å²) in [6.45, 7) is 3.77. The van der Waals surface area contributed by atoms with E-state index in [9.17, 15) is 9.59 Å². The summed E-state index contributed by atoms with van der Waals surface area (Å²) in [4.78, 5) is 28.0. The number of para-hydroxylation sites is 1. The molecule has 0 aliphatic rings. The molecular formula is C16H18N6O3. The van der Waals surface area contributed by atoms with Crippen LogP contribution in [-0.4, -0.2) is 38.6 Å². The third-order valence-electron chi connectivity index (χ3n) is 3.49. The fourth-order valence-corrected chi connectivity index (χ4v) is 2.45. The summed E-state index contributed by atoms with van der Waals surface area (Å²) in [5.74, 6) is -0.0549. The van der Waals surface area contributed by atoms with Gasteiger partial charge in [0.25, 0.3) is 0 Å². The molecule has 1 aromatic carbocycles. The normalized spacial score (nSPS) is 10.6. The third kappa shape index (κ3) is 3.77. The van der Waals surface area contributed by atoms with Crippen LogP contribution in [0, 0.1) is 6.92 Å². The van der Waals surface area contributed by atoms with E-state index in [0.717, 1.165) is 22.3 Å². The van der Waals surface area contributed by atoms with Crippen molar-refractivity contribution in [2.24, 2.45) is 0 Å². The number of nitrogens with one attached hydrogen (secondary N) is 3. The fourth-order valence-electron chi connectivity index (χ4n) is 2.45. The Morgan fingerprint density at radius 3 is 2.88 bits per heavy atom. The van der Waals surface area contributed by atoms with Crippen LogP contribution < -0.4 is 10.6 Å². The van der Waals surface area contributed by atoms with Gasteiger partial charge in [-0.05, 0) is 19.9 Å². The largest absolute Gasteiger partial charge is 0.450 e. The van der Waals surface area contributed by atoms with Gasteiger partial charge in [0.1, 0.15) is 6.54 Å². The predicted octanol–water partition coefficient (Wildman–Crippen LogP) is 2.27. The Morgan fingerprint density at radius 2 is 2.08 bits per heavy atom.